The highest BCUT2D eigenvalue weighted by Gasteiger charge is 2.28. The summed E-state index contributed by atoms with van der Waals surface area (Å²) in [5.41, 5.74) is 0.895. The quantitative estimate of drug-likeness (QED) is 0.821. The molecule has 0 atom stereocenters. The van der Waals surface area contributed by atoms with E-state index in [0.29, 0.717) is 31.6 Å². The third-order valence-electron chi connectivity index (χ3n) is 3.49. The van der Waals surface area contributed by atoms with E-state index in [1.165, 1.54) is 6.20 Å². The number of hydrogen-bond acceptors (Lipinski definition) is 4. The van der Waals surface area contributed by atoms with Gasteiger partial charge in [0.2, 0.25) is 0 Å². The lowest BCUT2D eigenvalue weighted by Gasteiger charge is -2.26. The van der Waals surface area contributed by atoms with Crippen LogP contribution in [0.3, 0.4) is 0 Å². The van der Waals surface area contributed by atoms with Gasteiger partial charge in [0.25, 0.3) is 0 Å². The van der Waals surface area contributed by atoms with Gasteiger partial charge in [-0.3, -0.25) is 0 Å². The molecule has 24 heavy (non-hydrogen) atoms. The van der Waals surface area contributed by atoms with Crippen LogP contribution in [0.25, 0.3) is 0 Å². The molecular formula is C16H22F3N3O2. The topological polar surface area (TPSA) is 55.3 Å². The predicted octanol–water partition coefficient (Wildman–Crippen LogP) is 3.65. The molecule has 0 radical (unpaired) electrons. The van der Waals surface area contributed by atoms with Crippen LogP contribution in [0.1, 0.15) is 50.7 Å². The number of alkyl halides is 3. The molecule has 0 saturated heterocycles. The molecule has 1 aliphatic rings. The summed E-state index contributed by atoms with van der Waals surface area (Å²) in [6, 6.07) is 0. The van der Waals surface area contributed by atoms with Gasteiger partial charge in [-0.25, -0.2) is 14.8 Å². The first kappa shape index (κ1) is 18.5. The normalized spacial score (nSPS) is 15.7. The van der Waals surface area contributed by atoms with Crippen LogP contribution >= 0.6 is 0 Å². The zero-order valence-electron chi connectivity index (χ0n) is 14.1. The number of carbonyl (C=O) groups excluding carboxylic acids is 1. The van der Waals surface area contributed by atoms with Crippen LogP contribution in [0, 0.1) is 0 Å². The van der Waals surface area contributed by atoms with Crippen molar-refractivity contribution in [2.75, 3.05) is 6.54 Å². The standard InChI is InChI=1S/C16H22F3N3O2/c1-15(2,3)24-14(23)22-8-4-5-12-11(10-22)9-20-13(21-12)6-7-16(17,18)19/h9H,4-8,10H2,1-3H3. The van der Waals surface area contributed by atoms with Gasteiger partial charge in [-0.15, -0.1) is 0 Å². The Bertz CT molecular complexity index is 597. The van der Waals surface area contributed by atoms with Gasteiger partial charge in [0.15, 0.2) is 0 Å². The van der Waals surface area contributed by atoms with Crippen molar-refractivity contribution < 1.29 is 22.7 Å². The maximum Gasteiger partial charge on any atom is 0.410 e. The number of aryl methyl sites for hydroxylation is 2. The summed E-state index contributed by atoms with van der Waals surface area (Å²) in [4.78, 5) is 22.0. The molecule has 2 rings (SSSR count). The highest BCUT2D eigenvalue weighted by atomic mass is 19.4. The predicted molar refractivity (Wildman–Crippen MR) is 81.4 cm³/mol. The molecule has 2 heterocycles. The molecule has 0 aliphatic carbocycles. The minimum atomic E-state index is -4.22. The average Bonchev–Trinajstić information content (AvgIpc) is 2.64. The second-order valence-electron chi connectivity index (χ2n) is 6.88. The van der Waals surface area contributed by atoms with E-state index < -0.39 is 24.3 Å². The third kappa shape index (κ3) is 5.65. The van der Waals surface area contributed by atoms with E-state index in [2.05, 4.69) is 9.97 Å². The Labute approximate surface area is 139 Å². The van der Waals surface area contributed by atoms with Gasteiger partial charge >= 0.3 is 12.3 Å². The van der Waals surface area contributed by atoms with Crippen molar-refractivity contribution in [3.8, 4) is 0 Å². The number of carbonyl (C=O) groups is 1. The van der Waals surface area contributed by atoms with Crippen molar-refractivity contribution in [1.82, 2.24) is 14.9 Å². The smallest absolute Gasteiger partial charge is 0.410 e. The van der Waals surface area contributed by atoms with Crippen molar-refractivity contribution in [1.29, 1.82) is 0 Å². The van der Waals surface area contributed by atoms with Crippen LogP contribution in [-0.2, 0) is 24.1 Å². The van der Waals surface area contributed by atoms with Gasteiger partial charge in [0.05, 0.1) is 13.0 Å². The molecule has 1 aromatic rings. The largest absolute Gasteiger partial charge is 0.444 e. The van der Waals surface area contributed by atoms with Gasteiger partial charge < -0.3 is 9.64 Å². The first-order valence-corrected chi connectivity index (χ1v) is 7.92. The molecule has 0 aromatic carbocycles. The van der Waals surface area contributed by atoms with Crippen LogP contribution in [0.15, 0.2) is 6.20 Å². The molecule has 0 fully saturated rings. The molecule has 0 spiro atoms. The number of hydrogen-bond donors (Lipinski definition) is 0. The van der Waals surface area contributed by atoms with Gasteiger partial charge in [-0.1, -0.05) is 0 Å². The Hall–Kier alpha value is -1.86. The third-order valence-corrected chi connectivity index (χ3v) is 3.49. The molecule has 0 N–H and O–H groups in total. The Morgan fingerprint density at radius 2 is 2.04 bits per heavy atom. The second kappa shape index (κ2) is 6.94. The first-order valence-electron chi connectivity index (χ1n) is 7.92. The summed E-state index contributed by atoms with van der Waals surface area (Å²) in [5.74, 6) is 0.191. The van der Waals surface area contributed by atoms with E-state index in [9.17, 15) is 18.0 Å². The highest BCUT2D eigenvalue weighted by Crippen LogP contribution is 2.23. The van der Waals surface area contributed by atoms with Crippen LogP contribution in [0.4, 0.5) is 18.0 Å². The van der Waals surface area contributed by atoms with Gasteiger partial charge in [0, 0.05) is 30.4 Å². The number of nitrogens with zero attached hydrogens (tertiary/aromatic N) is 3. The summed E-state index contributed by atoms with van der Waals surface area (Å²) in [6.45, 7) is 6.22. The fraction of sp³-hybridized carbons (Fsp3) is 0.688. The van der Waals surface area contributed by atoms with Crippen molar-refractivity contribution in [3.63, 3.8) is 0 Å². The summed E-state index contributed by atoms with van der Waals surface area (Å²) in [6.07, 6.45) is -2.97. The van der Waals surface area contributed by atoms with Crippen molar-refractivity contribution in [2.24, 2.45) is 0 Å². The molecule has 1 aromatic heterocycles. The van der Waals surface area contributed by atoms with Crippen LogP contribution in [0.2, 0.25) is 0 Å². The molecule has 0 saturated carbocycles. The molecule has 1 amide bonds. The number of ether oxygens (including phenoxy) is 1. The Balaban J connectivity index is 2.07. The Kier molecular flexibility index (Phi) is 5.35. The zero-order valence-corrected chi connectivity index (χ0v) is 14.1. The molecule has 0 unspecified atom stereocenters. The van der Waals surface area contributed by atoms with E-state index in [-0.39, 0.29) is 12.2 Å². The van der Waals surface area contributed by atoms with Gasteiger partial charge in [-0.2, -0.15) is 13.2 Å². The fourth-order valence-corrected chi connectivity index (χ4v) is 2.41. The summed E-state index contributed by atoms with van der Waals surface area (Å²) >= 11 is 0. The molecule has 8 heteroatoms. The molecule has 5 nitrogen and oxygen atoms in total. The van der Waals surface area contributed by atoms with Crippen molar-refractivity contribution in [3.05, 3.63) is 23.3 Å². The van der Waals surface area contributed by atoms with Crippen LogP contribution < -0.4 is 0 Å². The van der Waals surface area contributed by atoms with E-state index in [4.69, 9.17) is 4.74 Å². The van der Waals surface area contributed by atoms with Gasteiger partial charge in [-0.05, 0) is 33.6 Å². The van der Waals surface area contributed by atoms with Crippen molar-refractivity contribution in [2.45, 2.75) is 64.8 Å². The van der Waals surface area contributed by atoms with Gasteiger partial charge in [0.1, 0.15) is 11.4 Å². The lowest BCUT2D eigenvalue weighted by molar-refractivity contribution is -0.134. The number of aromatic nitrogens is 2. The maximum atomic E-state index is 12.3. The Morgan fingerprint density at radius 1 is 1.33 bits per heavy atom. The minimum absolute atomic E-state index is 0.191. The highest BCUT2D eigenvalue weighted by molar-refractivity contribution is 5.68. The average molecular weight is 345 g/mol. The zero-order chi connectivity index (χ0) is 18.0. The molecule has 1 aliphatic heterocycles. The number of rotatable bonds is 2. The number of amides is 1. The monoisotopic (exact) mass is 345 g/mol. The van der Waals surface area contributed by atoms with E-state index >= 15 is 0 Å². The molecular weight excluding hydrogens is 323 g/mol. The first-order chi connectivity index (χ1) is 11.0. The molecule has 134 valence electrons. The summed E-state index contributed by atoms with van der Waals surface area (Å²) in [5, 5.41) is 0. The number of halogens is 3. The lowest BCUT2D eigenvalue weighted by Crippen LogP contribution is -2.36. The number of fused-ring (bicyclic) bond motifs is 1. The summed E-state index contributed by atoms with van der Waals surface area (Å²) < 4.78 is 42.3. The molecule has 0 bridgehead atoms. The maximum absolute atomic E-state index is 12.3. The van der Waals surface area contributed by atoms with E-state index in [0.717, 1.165) is 5.56 Å². The minimum Gasteiger partial charge on any atom is -0.444 e. The van der Waals surface area contributed by atoms with Crippen LogP contribution in [0.5, 0.6) is 0 Å². The van der Waals surface area contributed by atoms with E-state index in [1.54, 1.807) is 25.7 Å². The van der Waals surface area contributed by atoms with E-state index in [1.807, 2.05) is 0 Å². The van der Waals surface area contributed by atoms with Crippen LogP contribution in [-0.4, -0.2) is 39.3 Å². The second-order valence-corrected chi connectivity index (χ2v) is 6.88. The fourth-order valence-electron chi connectivity index (χ4n) is 2.41. The SMILES string of the molecule is CC(C)(C)OC(=O)N1CCCc2nc(CCC(F)(F)F)ncc2C1. The Morgan fingerprint density at radius 3 is 2.67 bits per heavy atom. The van der Waals surface area contributed by atoms with Crippen molar-refractivity contribution >= 4 is 6.09 Å². The summed E-state index contributed by atoms with van der Waals surface area (Å²) in [7, 11) is 0. The lowest BCUT2D eigenvalue weighted by atomic mass is 10.1.